The van der Waals surface area contributed by atoms with E-state index in [4.69, 9.17) is 4.74 Å². The fraction of sp³-hybridized carbons (Fsp3) is 0.0476. The molecule has 4 aromatic rings. The van der Waals surface area contributed by atoms with Crippen LogP contribution in [-0.2, 0) is 4.79 Å². The summed E-state index contributed by atoms with van der Waals surface area (Å²) in [6.07, 6.45) is 0. The Bertz CT molecular complexity index is 1170. The minimum atomic E-state index is -0.346. The second kappa shape index (κ2) is 10.8. The van der Waals surface area contributed by atoms with Gasteiger partial charge in [0.05, 0.1) is 10.6 Å². The van der Waals surface area contributed by atoms with Crippen molar-refractivity contribution < 1.29 is 14.3 Å². The van der Waals surface area contributed by atoms with Crippen molar-refractivity contribution in [3.05, 3.63) is 77.0 Å². The van der Waals surface area contributed by atoms with E-state index in [9.17, 15) is 9.59 Å². The molecule has 0 bridgehead atoms. The van der Waals surface area contributed by atoms with Crippen LogP contribution in [0.15, 0.2) is 76.4 Å². The van der Waals surface area contributed by atoms with Gasteiger partial charge in [0.25, 0.3) is 5.91 Å². The van der Waals surface area contributed by atoms with E-state index < -0.39 is 0 Å². The van der Waals surface area contributed by atoms with Crippen LogP contribution in [0, 0.1) is 0 Å². The van der Waals surface area contributed by atoms with Gasteiger partial charge in [-0.15, -0.1) is 21.5 Å². The molecule has 2 aromatic carbocycles. The summed E-state index contributed by atoms with van der Waals surface area (Å²) in [5.74, 6) is 0.923. The molecule has 0 aliphatic rings. The molecule has 162 valence electrons. The van der Waals surface area contributed by atoms with E-state index in [0.717, 1.165) is 17.2 Å². The minimum Gasteiger partial charge on any atom is -0.457 e. The Morgan fingerprint density at radius 3 is 2.44 bits per heavy atom. The zero-order chi connectivity index (χ0) is 22.2. The predicted molar refractivity (Wildman–Crippen MR) is 127 cm³/mol. The molecule has 0 saturated heterocycles. The number of para-hydroxylation sites is 1. The normalized spacial score (nSPS) is 10.4. The van der Waals surface area contributed by atoms with Crippen molar-refractivity contribution in [2.75, 3.05) is 11.1 Å². The number of carbonyl (C=O) groups excluding carboxylic acids is 2. The molecule has 0 aliphatic heterocycles. The first-order chi connectivity index (χ1) is 15.7. The first-order valence-electron chi connectivity index (χ1n) is 9.35. The van der Waals surface area contributed by atoms with Crippen molar-refractivity contribution >= 4 is 57.1 Å². The van der Waals surface area contributed by atoms with Gasteiger partial charge < -0.3 is 10.1 Å². The Hall–Kier alpha value is -3.41. The van der Waals surface area contributed by atoms with Gasteiger partial charge in [-0.2, -0.15) is 0 Å². The van der Waals surface area contributed by atoms with E-state index >= 15 is 0 Å². The molecule has 2 heterocycles. The number of nitrogens with one attached hydrogen (secondary N) is 3. The number of rotatable bonds is 8. The van der Waals surface area contributed by atoms with Crippen LogP contribution < -0.4 is 20.9 Å². The van der Waals surface area contributed by atoms with Crippen LogP contribution in [0.25, 0.3) is 0 Å². The van der Waals surface area contributed by atoms with Crippen LogP contribution in [0.1, 0.15) is 9.67 Å². The van der Waals surface area contributed by atoms with E-state index in [2.05, 4.69) is 26.4 Å². The summed E-state index contributed by atoms with van der Waals surface area (Å²) in [4.78, 5) is 24.3. The number of nitrogens with zero attached hydrogens (tertiary/aromatic N) is 2. The number of amides is 2. The van der Waals surface area contributed by atoms with Crippen LogP contribution in [0.5, 0.6) is 11.5 Å². The number of carbonyl (C=O) groups is 2. The quantitative estimate of drug-likeness (QED) is 0.247. The van der Waals surface area contributed by atoms with Crippen LogP contribution in [0.4, 0.5) is 10.8 Å². The summed E-state index contributed by atoms with van der Waals surface area (Å²) in [5, 5.41) is 13.7. The third-order valence-corrected chi connectivity index (χ3v) is 6.72. The molecule has 32 heavy (non-hydrogen) atoms. The molecule has 0 radical (unpaired) electrons. The molecule has 0 spiro atoms. The number of thiophene rings is 1. The maximum absolute atomic E-state index is 11.9. The minimum absolute atomic E-state index is 0.102. The Morgan fingerprint density at radius 1 is 0.906 bits per heavy atom. The molecule has 2 amide bonds. The van der Waals surface area contributed by atoms with Gasteiger partial charge in [0.1, 0.15) is 11.5 Å². The summed E-state index contributed by atoms with van der Waals surface area (Å²) in [7, 11) is 0. The second-order valence-corrected chi connectivity index (χ2v) is 9.35. The highest BCUT2D eigenvalue weighted by molar-refractivity contribution is 8.01. The average molecular weight is 484 g/mol. The Morgan fingerprint density at radius 2 is 1.69 bits per heavy atom. The van der Waals surface area contributed by atoms with Crippen molar-refractivity contribution in [3.63, 3.8) is 0 Å². The molecular weight excluding hydrogens is 466 g/mol. The van der Waals surface area contributed by atoms with Gasteiger partial charge in [0, 0.05) is 5.69 Å². The highest BCUT2D eigenvalue weighted by Gasteiger charge is 2.11. The van der Waals surface area contributed by atoms with Gasteiger partial charge >= 0.3 is 0 Å². The molecular formula is C21H17N5O3S3. The van der Waals surface area contributed by atoms with Gasteiger partial charge in [0.15, 0.2) is 4.34 Å². The summed E-state index contributed by atoms with van der Waals surface area (Å²) in [5.41, 5.74) is 5.61. The molecule has 0 fully saturated rings. The second-order valence-electron chi connectivity index (χ2n) is 6.21. The van der Waals surface area contributed by atoms with Crippen molar-refractivity contribution in [1.82, 2.24) is 21.0 Å². The van der Waals surface area contributed by atoms with Crippen LogP contribution in [0.3, 0.4) is 0 Å². The van der Waals surface area contributed by atoms with E-state index in [1.165, 1.54) is 34.4 Å². The number of benzene rings is 2. The Balaban J connectivity index is 1.22. The molecule has 3 N–H and O–H groups in total. The summed E-state index contributed by atoms with van der Waals surface area (Å²) in [6, 6.07) is 20.5. The summed E-state index contributed by atoms with van der Waals surface area (Å²) in [6.45, 7) is 0. The number of hydrogen-bond acceptors (Lipinski definition) is 9. The summed E-state index contributed by atoms with van der Waals surface area (Å²) >= 11 is 3.87. The highest BCUT2D eigenvalue weighted by atomic mass is 32.2. The standard InChI is InChI=1S/C21H17N5O3S3/c27-18(23-24-19(28)17-7-4-12-30-17)13-31-21-26-25-20(32-21)22-14-8-10-16(11-9-14)29-15-5-2-1-3-6-15/h1-12H,13H2,(H,22,25)(H,23,27)(H,24,28). The van der Waals surface area contributed by atoms with Crippen molar-refractivity contribution in [2.45, 2.75) is 4.34 Å². The van der Waals surface area contributed by atoms with Gasteiger partial charge in [-0.05, 0) is 47.8 Å². The first-order valence-corrected chi connectivity index (χ1v) is 12.0. The maximum Gasteiger partial charge on any atom is 0.279 e. The van der Waals surface area contributed by atoms with Crippen LogP contribution >= 0.6 is 34.4 Å². The van der Waals surface area contributed by atoms with Crippen molar-refractivity contribution in [2.24, 2.45) is 0 Å². The lowest BCUT2D eigenvalue weighted by Crippen LogP contribution is -2.42. The molecule has 0 aliphatic carbocycles. The van der Waals surface area contributed by atoms with Gasteiger partial charge in [-0.1, -0.05) is 47.4 Å². The smallest absolute Gasteiger partial charge is 0.279 e. The Labute approximate surface area is 196 Å². The molecule has 2 aromatic heterocycles. The molecule has 8 nitrogen and oxygen atoms in total. The fourth-order valence-corrected chi connectivity index (χ4v) is 4.62. The third kappa shape index (κ3) is 6.30. The fourth-order valence-electron chi connectivity index (χ4n) is 2.43. The molecule has 0 atom stereocenters. The topological polar surface area (TPSA) is 105 Å². The molecule has 4 rings (SSSR count). The number of ether oxygens (including phenoxy) is 1. The molecule has 0 unspecified atom stereocenters. The lowest BCUT2D eigenvalue weighted by atomic mass is 10.3. The third-order valence-electron chi connectivity index (χ3n) is 3.88. The van der Waals surface area contributed by atoms with E-state index in [1.807, 2.05) is 54.6 Å². The largest absolute Gasteiger partial charge is 0.457 e. The van der Waals surface area contributed by atoms with E-state index in [-0.39, 0.29) is 17.6 Å². The Kier molecular flexibility index (Phi) is 7.33. The number of hydrogen-bond donors (Lipinski definition) is 3. The average Bonchev–Trinajstić information content (AvgIpc) is 3.51. The highest BCUT2D eigenvalue weighted by Crippen LogP contribution is 2.29. The zero-order valence-corrected chi connectivity index (χ0v) is 18.9. The monoisotopic (exact) mass is 483 g/mol. The summed E-state index contributed by atoms with van der Waals surface area (Å²) < 4.78 is 6.41. The lowest BCUT2D eigenvalue weighted by molar-refractivity contribution is -0.119. The SMILES string of the molecule is O=C(CSc1nnc(Nc2ccc(Oc3ccccc3)cc2)s1)NNC(=O)c1cccs1. The predicted octanol–water partition coefficient (Wildman–Crippen LogP) is 4.69. The van der Waals surface area contributed by atoms with Crippen molar-refractivity contribution in [1.29, 1.82) is 0 Å². The van der Waals surface area contributed by atoms with E-state index in [0.29, 0.717) is 14.3 Å². The number of hydrazine groups is 1. The molecule has 0 saturated carbocycles. The molecule has 11 heteroatoms. The van der Waals surface area contributed by atoms with E-state index in [1.54, 1.807) is 17.5 Å². The van der Waals surface area contributed by atoms with Crippen LogP contribution in [-0.4, -0.2) is 27.8 Å². The van der Waals surface area contributed by atoms with Crippen molar-refractivity contribution in [3.8, 4) is 11.5 Å². The van der Waals surface area contributed by atoms with Gasteiger partial charge in [0.2, 0.25) is 11.0 Å². The maximum atomic E-state index is 11.9. The lowest BCUT2D eigenvalue weighted by Gasteiger charge is -2.07. The number of aromatic nitrogens is 2. The van der Waals surface area contributed by atoms with Gasteiger partial charge in [-0.3, -0.25) is 20.4 Å². The number of anilines is 2. The first kappa shape index (κ1) is 21.8. The number of thioether (sulfide) groups is 1. The van der Waals surface area contributed by atoms with Crippen LogP contribution in [0.2, 0.25) is 0 Å². The van der Waals surface area contributed by atoms with Gasteiger partial charge in [-0.25, -0.2) is 0 Å². The zero-order valence-electron chi connectivity index (χ0n) is 16.5.